The average molecular weight is 407 g/mol. The maximum absolute atomic E-state index is 13.1. The lowest BCUT2D eigenvalue weighted by molar-refractivity contribution is -0.140. The van der Waals surface area contributed by atoms with Crippen molar-refractivity contribution in [2.45, 2.75) is 12.3 Å². The van der Waals surface area contributed by atoms with Crippen LogP contribution in [0.5, 0.6) is 0 Å². The van der Waals surface area contributed by atoms with Crippen molar-refractivity contribution in [2.24, 2.45) is 5.92 Å². The summed E-state index contributed by atoms with van der Waals surface area (Å²) in [5, 5.41) is 4.00. The summed E-state index contributed by atoms with van der Waals surface area (Å²) in [6, 6.07) is 9.32. The van der Waals surface area contributed by atoms with Gasteiger partial charge in [0.05, 0.1) is 11.8 Å². The van der Waals surface area contributed by atoms with Gasteiger partial charge in [0.15, 0.2) is 0 Å². The van der Waals surface area contributed by atoms with Crippen molar-refractivity contribution in [3.05, 3.63) is 60.5 Å². The third-order valence-electron chi connectivity index (χ3n) is 5.54. The van der Waals surface area contributed by atoms with Gasteiger partial charge in [0, 0.05) is 49.7 Å². The number of rotatable bonds is 4. The Balaban J connectivity index is 1.20. The van der Waals surface area contributed by atoms with Crippen LogP contribution in [-0.4, -0.2) is 51.5 Å². The van der Waals surface area contributed by atoms with Gasteiger partial charge in [-0.1, -0.05) is 5.16 Å². The summed E-state index contributed by atoms with van der Waals surface area (Å²) in [5.41, 5.74) is 1.42. The van der Waals surface area contributed by atoms with E-state index in [0.29, 0.717) is 37.0 Å². The van der Waals surface area contributed by atoms with Crippen molar-refractivity contribution in [2.75, 3.05) is 24.5 Å². The topological polar surface area (TPSA) is 92.4 Å². The highest BCUT2D eigenvalue weighted by Gasteiger charge is 2.42. The molecular weight excluding hydrogens is 389 g/mol. The highest BCUT2D eigenvalue weighted by atomic mass is 19.1. The van der Waals surface area contributed by atoms with Gasteiger partial charge in [-0.3, -0.25) is 14.6 Å². The number of likely N-dealkylation sites (tertiary alicyclic amines) is 1. The highest BCUT2D eigenvalue weighted by molar-refractivity contribution is 6.00. The third kappa shape index (κ3) is 3.32. The molecule has 0 N–H and O–H groups in total. The first-order chi connectivity index (χ1) is 14.6. The van der Waals surface area contributed by atoms with Crippen LogP contribution >= 0.6 is 0 Å². The Kier molecular flexibility index (Phi) is 4.50. The molecule has 2 amide bonds. The smallest absolute Gasteiger partial charge is 0.233 e. The van der Waals surface area contributed by atoms with Crippen LogP contribution < -0.4 is 4.90 Å². The molecule has 30 heavy (non-hydrogen) atoms. The van der Waals surface area contributed by atoms with Crippen molar-refractivity contribution in [1.82, 2.24) is 20.0 Å². The van der Waals surface area contributed by atoms with Crippen LogP contribution in [0.2, 0.25) is 0 Å². The molecular formula is C21H18FN5O3. The molecule has 152 valence electrons. The van der Waals surface area contributed by atoms with Crippen LogP contribution in [0.3, 0.4) is 0 Å². The minimum atomic E-state index is -0.404. The number of carbonyl (C=O) groups is 2. The van der Waals surface area contributed by atoms with Gasteiger partial charge >= 0.3 is 0 Å². The Bertz CT molecular complexity index is 1080. The summed E-state index contributed by atoms with van der Waals surface area (Å²) in [5.74, 6) is 0.0301. The fraction of sp³-hybridized carbons (Fsp3) is 0.286. The molecule has 2 aliphatic rings. The summed E-state index contributed by atoms with van der Waals surface area (Å²) < 4.78 is 18.5. The first-order valence-corrected chi connectivity index (χ1v) is 9.67. The molecule has 4 heterocycles. The second-order valence-electron chi connectivity index (χ2n) is 7.51. The molecule has 1 aromatic carbocycles. The molecule has 1 unspecified atom stereocenters. The van der Waals surface area contributed by atoms with Crippen molar-refractivity contribution >= 4 is 17.5 Å². The number of nitrogens with zero attached hydrogens (tertiary/aromatic N) is 5. The molecule has 2 aliphatic heterocycles. The number of amides is 2. The van der Waals surface area contributed by atoms with E-state index < -0.39 is 5.92 Å². The SMILES string of the molecule is O=C(C1CC(=O)N(c2ccc(F)cc2)C1)N1CC(c2nc(-c3ccncc3)no2)C1. The second kappa shape index (κ2) is 7.33. The molecule has 0 bridgehead atoms. The number of halogens is 1. The van der Waals surface area contributed by atoms with Gasteiger partial charge in [-0.15, -0.1) is 0 Å². The quantitative estimate of drug-likeness (QED) is 0.659. The lowest BCUT2D eigenvalue weighted by Gasteiger charge is -2.38. The van der Waals surface area contributed by atoms with Gasteiger partial charge in [0.1, 0.15) is 5.82 Å². The molecule has 2 fully saturated rings. The van der Waals surface area contributed by atoms with Crippen LogP contribution in [0, 0.1) is 11.7 Å². The fourth-order valence-electron chi connectivity index (χ4n) is 3.84. The zero-order valence-electron chi connectivity index (χ0n) is 15.9. The molecule has 0 spiro atoms. The lowest BCUT2D eigenvalue weighted by Crippen LogP contribution is -2.51. The zero-order valence-corrected chi connectivity index (χ0v) is 15.9. The van der Waals surface area contributed by atoms with Crippen molar-refractivity contribution < 1.29 is 18.5 Å². The standard InChI is InChI=1S/C21H18FN5O3/c22-16-1-3-17(4-2-16)27-12-14(9-18(27)28)21(29)26-10-15(11-26)20-24-19(25-30-20)13-5-7-23-8-6-13/h1-8,14-15H,9-12H2. The number of hydrogen-bond acceptors (Lipinski definition) is 6. The molecule has 5 rings (SSSR count). The van der Waals surface area contributed by atoms with E-state index in [9.17, 15) is 14.0 Å². The van der Waals surface area contributed by atoms with E-state index in [0.717, 1.165) is 5.56 Å². The van der Waals surface area contributed by atoms with Crippen molar-refractivity contribution in [1.29, 1.82) is 0 Å². The van der Waals surface area contributed by atoms with E-state index in [-0.39, 0.29) is 30.0 Å². The minimum absolute atomic E-state index is 0.0117. The molecule has 2 saturated heterocycles. The van der Waals surface area contributed by atoms with Gasteiger partial charge in [-0.05, 0) is 36.4 Å². The number of anilines is 1. The average Bonchev–Trinajstić information content (AvgIpc) is 3.35. The first kappa shape index (κ1) is 18.4. The third-order valence-corrected chi connectivity index (χ3v) is 5.54. The van der Waals surface area contributed by atoms with Crippen LogP contribution in [-0.2, 0) is 9.59 Å². The predicted molar refractivity (Wildman–Crippen MR) is 104 cm³/mol. The number of carbonyl (C=O) groups excluding carboxylic acids is 2. The van der Waals surface area contributed by atoms with Gasteiger partial charge in [-0.2, -0.15) is 4.98 Å². The molecule has 0 radical (unpaired) electrons. The Labute approximate surface area is 171 Å². The second-order valence-corrected chi connectivity index (χ2v) is 7.51. The van der Waals surface area contributed by atoms with Crippen LogP contribution in [0.1, 0.15) is 18.2 Å². The maximum Gasteiger partial charge on any atom is 0.233 e. The Hall–Kier alpha value is -3.62. The van der Waals surface area contributed by atoms with Gasteiger partial charge in [0.2, 0.25) is 23.5 Å². The van der Waals surface area contributed by atoms with E-state index in [4.69, 9.17) is 4.52 Å². The Morgan fingerprint density at radius 2 is 1.80 bits per heavy atom. The maximum atomic E-state index is 13.1. The fourth-order valence-corrected chi connectivity index (χ4v) is 3.84. The van der Waals surface area contributed by atoms with E-state index in [1.165, 1.54) is 17.0 Å². The molecule has 0 aliphatic carbocycles. The molecule has 3 aromatic rings. The summed E-state index contributed by atoms with van der Waals surface area (Å²) in [6.07, 6.45) is 3.48. The molecule has 2 aromatic heterocycles. The molecule has 9 heteroatoms. The predicted octanol–water partition coefficient (Wildman–Crippen LogP) is 2.25. The monoisotopic (exact) mass is 407 g/mol. The minimum Gasteiger partial charge on any atom is -0.341 e. The van der Waals surface area contributed by atoms with E-state index in [1.54, 1.807) is 41.6 Å². The van der Waals surface area contributed by atoms with Gasteiger partial charge in [-0.25, -0.2) is 4.39 Å². The largest absolute Gasteiger partial charge is 0.341 e. The summed E-state index contributed by atoms with van der Waals surface area (Å²) in [4.78, 5) is 36.8. The number of hydrogen-bond donors (Lipinski definition) is 0. The summed E-state index contributed by atoms with van der Waals surface area (Å²) in [6.45, 7) is 1.27. The number of pyridine rings is 1. The van der Waals surface area contributed by atoms with E-state index in [1.807, 2.05) is 0 Å². The van der Waals surface area contributed by atoms with Crippen molar-refractivity contribution in [3.8, 4) is 11.4 Å². The molecule has 8 nitrogen and oxygen atoms in total. The van der Waals surface area contributed by atoms with Crippen LogP contribution in [0.25, 0.3) is 11.4 Å². The first-order valence-electron chi connectivity index (χ1n) is 9.67. The Morgan fingerprint density at radius 3 is 2.53 bits per heavy atom. The van der Waals surface area contributed by atoms with Gasteiger partial charge in [0.25, 0.3) is 0 Å². The molecule has 1 atom stereocenters. The van der Waals surface area contributed by atoms with E-state index >= 15 is 0 Å². The Morgan fingerprint density at radius 1 is 1.07 bits per heavy atom. The molecule has 0 saturated carbocycles. The van der Waals surface area contributed by atoms with Gasteiger partial charge < -0.3 is 14.3 Å². The summed E-state index contributed by atoms with van der Waals surface area (Å²) in [7, 11) is 0. The van der Waals surface area contributed by atoms with Crippen molar-refractivity contribution in [3.63, 3.8) is 0 Å². The lowest BCUT2D eigenvalue weighted by atomic mass is 9.96. The number of aromatic nitrogens is 3. The highest BCUT2D eigenvalue weighted by Crippen LogP contribution is 2.32. The summed E-state index contributed by atoms with van der Waals surface area (Å²) >= 11 is 0. The normalized spacial score (nSPS) is 19.2. The van der Waals surface area contributed by atoms with Crippen LogP contribution in [0.4, 0.5) is 10.1 Å². The zero-order chi connectivity index (χ0) is 20.7. The number of benzene rings is 1. The van der Waals surface area contributed by atoms with E-state index in [2.05, 4.69) is 15.1 Å². The van der Waals surface area contributed by atoms with Crippen LogP contribution in [0.15, 0.2) is 53.3 Å².